The zero-order valence-electron chi connectivity index (χ0n) is 21.2. The second-order valence-electron chi connectivity index (χ2n) is 9.99. The Hall–Kier alpha value is -3.54. The molecule has 1 saturated carbocycles. The van der Waals surface area contributed by atoms with Crippen LogP contribution < -0.4 is 20.8 Å². The first-order valence-electron chi connectivity index (χ1n) is 12.7. The maximum absolute atomic E-state index is 13.6. The van der Waals surface area contributed by atoms with E-state index in [0.29, 0.717) is 60.3 Å². The van der Waals surface area contributed by atoms with Gasteiger partial charge < -0.3 is 14.2 Å². The van der Waals surface area contributed by atoms with Gasteiger partial charge in [0.05, 0.1) is 10.5 Å². The Morgan fingerprint density at radius 3 is 2.36 bits per heavy atom. The summed E-state index contributed by atoms with van der Waals surface area (Å²) in [6.07, 6.45) is 0.516. The van der Waals surface area contributed by atoms with Crippen molar-refractivity contribution in [3.05, 3.63) is 62.3 Å². The molecule has 0 spiro atoms. The summed E-state index contributed by atoms with van der Waals surface area (Å²) in [5.41, 5.74) is -0.0928. The highest BCUT2D eigenvalue weighted by molar-refractivity contribution is 6.31. The van der Waals surface area contributed by atoms with Gasteiger partial charge in [-0.2, -0.15) is 0 Å². The maximum Gasteiger partial charge on any atom is 0.573 e. The number of likely N-dealkylation sites (tertiary alicyclic amines) is 1. The molecule has 0 radical (unpaired) electrons. The number of carbonyl (C=O) groups is 1. The Balaban J connectivity index is 1.35. The monoisotopic (exact) mass is 565 g/mol. The van der Waals surface area contributed by atoms with Crippen LogP contribution in [-0.4, -0.2) is 51.0 Å². The van der Waals surface area contributed by atoms with Crippen LogP contribution in [-0.2, 0) is 7.05 Å². The largest absolute Gasteiger partial charge is 0.573 e. The number of piperidine rings is 1. The first kappa shape index (κ1) is 27.0. The van der Waals surface area contributed by atoms with Gasteiger partial charge in [-0.1, -0.05) is 18.0 Å². The number of rotatable bonds is 5. The van der Waals surface area contributed by atoms with E-state index in [1.165, 1.54) is 46.6 Å². The number of hydrogen-bond acceptors (Lipinski definition) is 5. The van der Waals surface area contributed by atoms with Gasteiger partial charge in [-0.05, 0) is 61.9 Å². The molecule has 39 heavy (non-hydrogen) atoms. The fraction of sp³-hybridized carbons (Fsp3) is 0.462. The Morgan fingerprint density at radius 1 is 1.10 bits per heavy atom. The van der Waals surface area contributed by atoms with E-state index in [2.05, 4.69) is 9.72 Å². The van der Waals surface area contributed by atoms with Crippen LogP contribution in [0.1, 0.15) is 38.1 Å². The lowest BCUT2D eigenvalue weighted by atomic mass is 9.85. The SMILES string of the molecule is Cn1c(=O)c(=O)n(C2CCN(C(=O)N(CC3CCC3)c3ccc(OC(F)(F)F)cc3)CC2)c2ncc(Cl)cc21. The van der Waals surface area contributed by atoms with Gasteiger partial charge >= 0.3 is 23.5 Å². The van der Waals surface area contributed by atoms with Gasteiger partial charge in [-0.15, -0.1) is 13.2 Å². The Morgan fingerprint density at radius 2 is 1.77 bits per heavy atom. The molecule has 1 saturated heterocycles. The molecule has 2 aromatic heterocycles. The van der Waals surface area contributed by atoms with Crippen molar-refractivity contribution in [3.63, 3.8) is 0 Å². The molecule has 2 fully saturated rings. The van der Waals surface area contributed by atoms with E-state index in [1.54, 1.807) is 15.9 Å². The lowest BCUT2D eigenvalue weighted by molar-refractivity contribution is -0.274. The summed E-state index contributed by atoms with van der Waals surface area (Å²) in [7, 11) is 1.49. The van der Waals surface area contributed by atoms with Crippen LogP contribution in [0.15, 0.2) is 46.1 Å². The number of anilines is 1. The normalized spacial score (nSPS) is 16.8. The lowest BCUT2D eigenvalue weighted by Gasteiger charge is -2.39. The molecule has 1 aliphatic heterocycles. The molecule has 2 amide bonds. The van der Waals surface area contributed by atoms with Gasteiger partial charge in [0.2, 0.25) is 0 Å². The highest BCUT2D eigenvalue weighted by Crippen LogP contribution is 2.32. The van der Waals surface area contributed by atoms with Crippen LogP contribution in [0.25, 0.3) is 11.2 Å². The smallest absolute Gasteiger partial charge is 0.406 e. The molecule has 0 N–H and O–H groups in total. The Labute approximate surface area is 226 Å². The molecular weight excluding hydrogens is 539 g/mol. The summed E-state index contributed by atoms with van der Waals surface area (Å²) in [4.78, 5) is 46.8. The van der Waals surface area contributed by atoms with Gasteiger partial charge in [0.15, 0.2) is 5.65 Å². The number of halogens is 4. The number of urea groups is 1. The predicted molar refractivity (Wildman–Crippen MR) is 139 cm³/mol. The number of amides is 2. The van der Waals surface area contributed by atoms with Crippen molar-refractivity contribution in [2.45, 2.75) is 44.5 Å². The topological polar surface area (TPSA) is 89.7 Å². The first-order valence-corrected chi connectivity index (χ1v) is 13.1. The van der Waals surface area contributed by atoms with Crippen LogP contribution in [0.5, 0.6) is 5.75 Å². The number of pyridine rings is 1. The molecule has 5 rings (SSSR count). The summed E-state index contributed by atoms with van der Waals surface area (Å²) in [6.45, 7) is 1.12. The summed E-state index contributed by atoms with van der Waals surface area (Å²) in [5, 5.41) is 0.340. The first-order chi connectivity index (χ1) is 18.5. The highest BCUT2D eigenvalue weighted by Gasteiger charge is 2.33. The Kier molecular flexibility index (Phi) is 7.32. The zero-order chi connectivity index (χ0) is 27.9. The minimum Gasteiger partial charge on any atom is -0.406 e. The molecule has 2 aliphatic rings. The average Bonchev–Trinajstić information content (AvgIpc) is 2.87. The molecule has 13 heteroatoms. The van der Waals surface area contributed by atoms with Gasteiger partial charge in [-0.25, -0.2) is 9.78 Å². The van der Waals surface area contributed by atoms with Crippen LogP contribution in [0.2, 0.25) is 5.02 Å². The number of benzene rings is 1. The number of nitrogens with zero attached hydrogens (tertiary/aromatic N) is 5. The van der Waals surface area contributed by atoms with Gasteiger partial charge in [0.25, 0.3) is 0 Å². The average molecular weight is 566 g/mol. The third-order valence-electron chi connectivity index (χ3n) is 7.49. The maximum atomic E-state index is 13.6. The number of aromatic nitrogens is 3. The minimum atomic E-state index is -4.80. The van der Waals surface area contributed by atoms with E-state index in [0.717, 1.165) is 19.3 Å². The standard InChI is InChI=1S/C26H27ClF3N5O4/c1-32-21-13-17(27)14-31-22(21)35(24(37)23(32)36)19-9-11-33(12-10-19)25(38)34(15-16-3-2-4-16)18-5-7-20(8-6-18)39-26(28,29)30/h5-8,13-14,16,19H,2-4,9-12,15H2,1H3. The van der Waals surface area contributed by atoms with E-state index in [4.69, 9.17) is 11.6 Å². The summed E-state index contributed by atoms with van der Waals surface area (Å²) < 4.78 is 44.3. The second kappa shape index (κ2) is 10.6. The molecule has 208 valence electrons. The molecule has 1 aromatic carbocycles. The van der Waals surface area contributed by atoms with Crippen molar-refractivity contribution in [2.75, 3.05) is 24.5 Å². The molecule has 0 unspecified atom stereocenters. The molecule has 3 heterocycles. The summed E-state index contributed by atoms with van der Waals surface area (Å²) >= 11 is 6.07. The van der Waals surface area contributed by atoms with Gasteiger partial charge in [0, 0.05) is 44.6 Å². The van der Waals surface area contributed by atoms with E-state index in [1.807, 2.05) is 0 Å². The van der Waals surface area contributed by atoms with E-state index >= 15 is 0 Å². The molecular formula is C26H27ClF3N5O4. The van der Waals surface area contributed by atoms with Crippen LogP contribution in [0.3, 0.4) is 0 Å². The second-order valence-corrected chi connectivity index (χ2v) is 10.4. The van der Waals surface area contributed by atoms with Crippen molar-refractivity contribution < 1.29 is 22.7 Å². The number of ether oxygens (including phenoxy) is 1. The fourth-order valence-corrected chi connectivity index (χ4v) is 5.34. The van der Waals surface area contributed by atoms with E-state index in [-0.39, 0.29) is 17.8 Å². The van der Waals surface area contributed by atoms with Gasteiger partial charge in [-0.3, -0.25) is 19.1 Å². The van der Waals surface area contributed by atoms with Crippen molar-refractivity contribution in [1.29, 1.82) is 0 Å². The number of carbonyl (C=O) groups excluding carboxylic acids is 1. The third kappa shape index (κ3) is 5.61. The number of hydrogen-bond donors (Lipinski definition) is 0. The van der Waals surface area contributed by atoms with Gasteiger partial charge in [0.1, 0.15) is 5.75 Å². The fourth-order valence-electron chi connectivity index (χ4n) is 5.19. The summed E-state index contributed by atoms with van der Waals surface area (Å²) in [5.74, 6) is -0.0364. The Bertz CT molecular complexity index is 1490. The van der Waals surface area contributed by atoms with E-state index < -0.39 is 17.5 Å². The van der Waals surface area contributed by atoms with Crippen LogP contribution in [0.4, 0.5) is 23.7 Å². The molecule has 0 atom stereocenters. The lowest BCUT2D eigenvalue weighted by Crippen LogP contribution is -2.50. The molecule has 0 bridgehead atoms. The molecule has 9 nitrogen and oxygen atoms in total. The molecule has 1 aliphatic carbocycles. The van der Waals surface area contributed by atoms with Crippen LogP contribution >= 0.6 is 11.6 Å². The van der Waals surface area contributed by atoms with Crippen molar-refractivity contribution in [2.24, 2.45) is 13.0 Å². The number of alkyl halides is 3. The third-order valence-corrected chi connectivity index (χ3v) is 7.70. The van der Waals surface area contributed by atoms with Crippen LogP contribution in [0, 0.1) is 5.92 Å². The highest BCUT2D eigenvalue weighted by atomic mass is 35.5. The van der Waals surface area contributed by atoms with E-state index in [9.17, 15) is 27.6 Å². The number of fused-ring (bicyclic) bond motifs is 1. The summed E-state index contributed by atoms with van der Waals surface area (Å²) in [6, 6.07) is 6.29. The van der Waals surface area contributed by atoms with Crippen molar-refractivity contribution in [1.82, 2.24) is 19.0 Å². The predicted octanol–water partition coefficient (Wildman–Crippen LogP) is 4.71. The molecule has 3 aromatic rings. The minimum absolute atomic E-state index is 0.254. The van der Waals surface area contributed by atoms with Crippen molar-refractivity contribution >= 4 is 34.5 Å². The number of aryl methyl sites for hydroxylation is 1. The quantitative estimate of drug-likeness (QED) is 0.418. The van der Waals surface area contributed by atoms with Crippen molar-refractivity contribution in [3.8, 4) is 5.75 Å². The zero-order valence-corrected chi connectivity index (χ0v) is 21.9.